The fourth-order valence-corrected chi connectivity index (χ4v) is 3.87. The van der Waals surface area contributed by atoms with E-state index in [9.17, 15) is 19.2 Å². The molecule has 0 heterocycles. The van der Waals surface area contributed by atoms with Gasteiger partial charge in [0.15, 0.2) is 0 Å². The molecule has 0 saturated heterocycles. The Bertz CT molecular complexity index is 834. The van der Waals surface area contributed by atoms with Gasteiger partial charge in [-0.1, -0.05) is 58.0 Å². The van der Waals surface area contributed by atoms with Crippen LogP contribution in [0.5, 0.6) is 0 Å². The van der Waals surface area contributed by atoms with Gasteiger partial charge in [-0.25, -0.2) is 0 Å². The van der Waals surface area contributed by atoms with Gasteiger partial charge >= 0.3 is 0 Å². The predicted octanol–water partition coefficient (Wildman–Crippen LogP) is 0.951. The van der Waals surface area contributed by atoms with E-state index in [0.717, 1.165) is 5.56 Å². The summed E-state index contributed by atoms with van der Waals surface area (Å²) < 4.78 is 0. The lowest BCUT2D eigenvalue weighted by Gasteiger charge is -2.27. The first-order chi connectivity index (χ1) is 16.5. The number of benzene rings is 1. The Morgan fingerprint density at radius 1 is 0.857 bits per heavy atom. The second-order valence-corrected chi connectivity index (χ2v) is 10.4. The summed E-state index contributed by atoms with van der Waals surface area (Å²) in [4.78, 5) is 50.8. The quantitative estimate of drug-likeness (QED) is 0.238. The van der Waals surface area contributed by atoms with E-state index in [-0.39, 0.29) is 18.3 Å². The molecule has 0 unspecified atom stereocenters. The van der Waals surface area contributed by atoms with Gasteiger partial charge in [0.25, 0.3) is 0 Å². The van der Waals surface area contributed by atoms with Crippen LogP contribution in [0.2, 0.25) is 0 Å². The van der Waals surface area contributed by atoms with Gasteiger partial charge in [-0.15, -0.1) is 0 Å². The highest BCUT2D eigenvalue weighted by molar-refractivity contribution is 7.98. The van der Waals surface area contributed by atoms with Gasteiger partial charge in [0.1, 0.15) is 18.1 Å². The molecule has 0 aliphatic rings. The zero-order chi connectivity index (χ0) is 26.5. The van der Waals surface area contributed by atoms with Crippen LogP contribution in [-0.2, 0) is 25.6 Å². The van der Waals surface area contributed by atoms with Crippen LogP contribution in [-0.4, -0.2) is 59.8 Å². The molecule has 0 saturated carbocycles. The molecule has 10 heteroatoms. The van der Waals surface area contributed by atoms with Gasteiger partial charge in [-0.2, -0.15) is 11.8 Å². The number of amides is 4. The third kappa shape index (κ3) is 11.1. The standard InChI is InChI=1S/C25H41N5O4S/c1-15(2)13-19(23(32)28-18(22(27)31)11-12-35-5)29-24(33)20(14-17-9-7-6-8-10-17)30-25(34)21(26)16(3)4/h6-10,15-16,18-21H,11-14,26H2,1-5H3,(H2,27,31)(H,28,32)(H,29,33)(H,30,34)/t18-,19-,20-,21-/m0/s1. The molecule has 0 radical (unpaired) electrons. The summed E-state index contributed by atoms with van der Waals surface area (Å²) in [7, 11) is 0. The van der Waals surface area contributed by atoms with Gasteiger partial charge in [0, 0.05) is 6.42 Å². The summed E-state index contributed by atoms with van der Waals surface area (Å²) in [6.45, 7) is 7.50. The summed E-state index contributed by atoms with van der Waals surface area (Å²) in [5.41, 5.74) is 12.3. The van der Waals surface area contributed by atoms with Crippen LogP contribution in [0.4, 0.5) is 0 Å². The van der Waals surface area contributed by atoms with Crippen LogP contribution >= 0.6 is 11.8 Å². The zero-order valence-corrected chi connectivity index (χ0v) is 22.2. The van der Waals surface area contributed by atoms with E-state index in [2.05, 4.69) is 16.0 Å². The lowest BCUT2D eigenvalue weighted by Crippen LogP contribution is -2.58. The molecule has 1 aromatic carbocycles. The molecule has 4 atom stereocenters. The van der Waals surface area contributed by atoms with Gasteiger partial charge in [-0.3, -0.25) is 19.2 Å². The van der Waals surface area contributed by atoms with E-state index < -0.39 is 47.8 Å². The largest absolute Gasteiger partial charge is 0.368 e. The maximum atomic E-state index is 13.3. The summed E-state index contributed by atoms with van der Waals surface area (Å²) >= 11 is 1.54. The molecule has 0 aliphatic carbocycles. The minimum Gasteiger partial charge on any atom is -0.368 e. The first-order valence-corrected chi connectivity index (χ1v) is 13.3. The van der Waals surface area contributed by atoms with E-state index >= 15 is 0 Å². The van der Waals surface area contributed by atoms with Crippen LogP contribution in [0.1, 0.15) is 46.1 Å². The summed E-state index contributed by atoms with van der Waals surface area (Å²) in [6, 6.07) is 5.84. The first-order valence-electron chi connectivity index (χ1n) is 11.9. The number of primary amides is 1. The monoisotopic (exact) mass is 507 g/mol. The van der Waals surface area contributed by atoms with Crippen LogP contribution in [0, 0.1) is 11.8 Å². The smallest absolute Gasteiger partial charge is 0.243 e. The molecule has 1 rings (SSSR count). The highest BCUT2D eigenvalue weighted by Gasteiger charge is 2.30. The highest BCUT2D eigenvalue weighted by atomic mass is 32.2. The zero-order valence-electron chi connectivity index (χ0n) is 21.4. The Kier molecular flexibility index (Phi) is 13.4. The number of nitrogens with two attached hydrogens (primary N) is 2. The van der Waals surface area contributed by atoms with Crippen molar-refractivity contribution in [3.63, 3.8) is 0 Å². The maximum absolute atomic E-state index is 13.3. The minimum absolute atomic E-state index is 0.0841. The molecule has 0 fully saturated rings. The topological polar surface area (TPSA) is 156 Å². The second kappa shape index (κ2) is 15.4. The van der Waals surface area contributed by atoms with Gasteiger partial charge in [-0.05, 0) is 42.2 Å². The van der Waals surface area contributed by atoms with Crippen molar-refractivity contribution in [2.75, 3.05) is 12.0 Å². The van der Waals surface area contributed by atoms with Crippen LogP contribution in [0.15, 0.2) is 30.3 Å². The molecule has 0 aliphatic heterocycles. The minimum atomic E-state index is -0.930. The Hall–Kier alpha value is -2.59. The molecule has 196 valence electrons. The van der Waals surface area contributed by atoms with Crippen molar-refractivity contribution in [2.24, 2.45) is 23.3 Å². The van der Waals surface area contributed by atoms with Crippen molar-refractivity contribution in [3.8, 4) is 0 Å². The van der Waals surface area contributed by atoms with Crippen molar-refractivity contribution in [1.82, 2.24) is 16.0 Å². The maximum Gasteiger partial charge on any atom is 0.243 e. The number of carbonyl (C=O) groups is 4. The van der Waals surface area contributed by atoms with Crippen molar-refractivity contribution < 1.29 is 19.2 Å². The Balaban J connectivity index is 3.08. The molecule has 0 bridgehead atoms. The molecule has 1 aromatic rings. The molecular weight excluding hydrogens is 466 g/mol. The van der Waals surface area contributed by atoms with Crippen molar-refractivity contribution in [1.29, 1.82) is 0 Å². The SMILES string of the molecule is CSCC[C@H](NC(=O)[C@H](CC(C)C)NC(=O)[C@H](Cc1ccccc1)NC(=O)[C@@H](N)C(C)C)C(N)=O. The van der Waals surface area contributed by atoms with Gasteiger partial charge in [0.2, 0.25) is 23.6 Å². The van der Waals surface area contributed by atoms with Gasteiger partial charge < -0.3 is 27.4 Å². The fourth-order valence-electron chi connectivity index (χ4n) is 3.40. The van der Waals surface area contributed by atoms with E-state index in [1.54, 1.807) is 0 Å². The van der Waals surface area contributed by atoms with Crippen LogP contribution in [0.3, 0.4) is 0 Å². The summed E-state index contributed by atoms with van der Waals surface area (Å²) in [6.07, 6.45) is 2.87. The highest BCUT2D eigenvalue weighted by Crippen LogP contribution is 2.10. The number of rotatable bonds is 15. The lowest BCUT2D eigenvalue weighted by atomic mass is 9.99. The molecule has 7 N–H and O–H groups in total. The molecular formula is C25H41N5O4S. The van der Waals surface area contributed by atoms with E-state index in [1.807, 2.05) is 64.3 Å². The Labute approximate surface area is 212 Å². The first kappa shape index (κ1) is 30.4. The number of thioether (sulfide) groups is 1. The molecule has 0 spiro atoms. The Morgan fingerprint density at radius 2 is 1.40 bits per heavy atom. The van der Waals surface area contributed by atoms with E-state index in [0.29, 0.717) is 18.6 Å². The number of hydrogen-bond donors (Lipinski definition) is 5. The van der Waals surface area contributed by atoms with E-state index in [1.165, 1.54) is 11.8 Å². The molecule has 4 amide bonds. The lowest BCUT2D eigenvalue weighted by molar-refractivity contribution is -0.134. The fraction of sp³-hybridized carbons (Fsp3) is 0.600. The van der Waals surface area contributed by atoms with E-state index in [4.69, 9.17) is 11.5 Å². The van der Waals surface area contributed by atoms with Crippen LogP contribution < -0.4 is 27.4 Å². The van der Waals surface area contributed by atoms with Crippen LogP contribution in [0.25, 0.3) is 0 Å². The number of hydrogen-bond acceptors (Lipinski definition) is 6. The molecule has 0 aromatic heterocycles. The molecule has 9 nitrogen and oxygen atoms in total. The third-order valence-corrected chi connectivity index (χ3v) is 6.19. The average molecular weight is 508 g/mol. The number of nitrogens with one attached hydrogen (secondary N) is 3. The van der Waals surface area contributed by atoms with Crippen molar-refractivity contribution in [3.05, 3.63) is 35.9 Å². The Morgan fingerprint density at radius 3 is 1.91 bits per heavy atom. The third-order valence-electron chi connectivity index (χ3n) is 5.55. The molecule has 35 heavy (non-hydrogen) atoms. The van der Waals surface area contributed by atoms with Crippen molar-refractivity contribution >= 4 is 35.4 Å². The number of carbonyl (C=O) groups excluding carboxylic acids is 4. The normalized spacial score (nSPS) is 14.6. The second-order valence-electron chi connectivity index (χ2n) is 9.46. The predicted molar refractivity (Wildman–Crippen MR) is 140 cm³/mol. The summed E-state index contributed by atoms with van der Waals surface area (Å²) in [5.74, 6) is -1.43. The van der Waals surface area contributed by atoms with Crippen molar-refractivity contribution in [2.45, 2.75) is 71.1 Å². The van der Waals surface area contributed by atoms with Gasteiger partial charge in [0.05, 0.1) is 6.04 Å². The summed E-state index contributed by atoms with van der Waals surface area (Å²) in [5, 5.41) is 8.20. The average Bonchev–Trinajstić information content (AvgIpc) is 2.80.